The molecule has 62 heavy (non-hydrogen) atoms. The summed E-state index contributed by atoms with van der Waals surface area (Å²) in [5.41, 5.74) is 11.6. The van der Waals surface area contributed by atoms with Gasteiger partial charge >= 0.3 is 0 Å². The molecule has 0 saturated heterocycles. The average molecular weight is 796 g/mol. The van der Waals surface area contributed by atoms with Crippen molar-refractivity contribution in [3.05, 3.63) is 199 Å². The maximum Gasteiger partial charge on any atom is 0.238 e. The number of nitrogens with zero attached hydrogens (tertiary/aromatic N) is 7. The van der Waals surface area contributed by atoms with Crippen molar-refractivity contribution in [2.75, 3.05) is 0 Å². The molecular formula is C55H37N7. The van der Waals surface area contributed by atoms with E-state index >= 15 is 0 Å². The van der Waals surface area contributed by atoms with Gasteiger partial charge in [0.25, 0.3) is 0 Å². The van der Waals surface area contributed by atoms with Gasteiger partial charge in [0, 0.05) is 44.0 Å². The highest BCUT2D eigenvalue weighted by Crippen LogP contribution is 2.50. The lowest BCUT2D eigenvalue weighted by Crippen LogP contribution is -2.14. The minimum Gasteiger partial charge on any atom is -0.278 e. The van der Waals surface area contributed by atoms with Gasteiger partial charge in [-0.05, 0) is 75.5 Å². The van der Waals surface area contributed by atoms with Gasteiger partial charge in [0.05, 0.1) is 11.0 Å². The smallest absolute Gasteiger partial charge is 0.238 e. The highest BCUT2D eigenvalue weighted by Gasteiger charge is 2.35. The molecule has 0 aliphatic heterocycles. The standard InChI is InChI=1S/C55H37N7/c1-55(2)45-26-16-15-25-41(45)42-30-40-33-48-44(31-39(40)32-46(42)55)43-29-38(53-57-49(34-17-7-3-8-18-34)56-50(58-53)35-19-9-4-10-20-35)27-28-47(43)62(48)54-60-51(36-21-11-5-12-22-36)59-52(61-54)37-23-13-6-14-24-37/h3-33H,1-2H3. The summed E-state index contributed by atoms with van der Waals surface area (Å²) < 4.78 is 2.19. The predicted molar refractivity (Wildman–Crippen MR) is 250 cm³/mol. The fourth-order valence-corrected chi connectivity index (χ4v) is 9.15. The Bertz CT molecular complexity index is 3410. The van der Waals surface area contributed by atoms with E-state index in [-0.39, 0.29) is 5.41 Å². The summed E-state index contributed by atoms with van der Waals surface area (Å²) in [5.74, 6) is 3.57. The maximum atomic E-state index is 5.24. The zero-order chi connectivity index (χ0) is 41.4. The van der Waals surface area contributed by atoms with Crippen LogP contribution in [-0.2, 0) is 5.41 Å². The molecule has 0 bridgehead atoms. The summed E-state index contributed by atoms with van der Waals surface area (Å²) in [6.45, 7) is 4.66. The Morgan fingerprint density at radius 1 is 0.339 bits per heavy atom. The van der Waals surface area contributed by atoms with Crippen LogP contribution >= 0.6 is 0 Å². The summed E-state index contributed by atoms with van der Waals surface area (Å²) in [4.78, 5) is 30.7. The largest absolute Gasteiger partial charge is 0.278 e. The molecule has 0 fully saturated rings. The van der Waals surface area contributed by atoms with Crippen molar-refractivity contribution in [1.29, 1.82) is 0 Å². The van der Waals surface area contributed by atoms with Gasteiger partial charge in [-0.15, -0.1) is 0 Å². The van der Waals surface area contributed by atoms with Crippen LogP contribution in [0.15, 0.2) is 188 Å². The van der Waals surface area contributed by atoms with E-state index in [4.69, 9.17) is 29.9 Å². The molecule has 0 spiro atoms. The molecule has 0 unspecified atom stereocenters. The Balaban J connectivity index is 1.14. The summed E-state index contributed by atoms with van der Waals surface area (Å²) in [7, 11) is 0. The predicted octanol–water partition coefficient (Wildman–Crippen LogP) is 12.9. The Morgan fingerprint density at radius 3 is 1.34 bits per heavy atom. The van der Waals surface area contributed by atoms with Crippen molar-refractivity contribution in [3.8, 4) is 74.0 Å². The van der Waals surface area contributed by atoms with Crippen LogP contribution in [0.1, 0.15) is 25.0 Å². The van der Waals surface area contributed by atoms with E-state index in [1.54, 1.807) is 0 Å². The molecule has 0 atom stereocenters. The van der Waals surface area contributed by atoms with E-state index in [0.29, 0.717) is 35.1 Å². The topological polar surface area (TPSA) is 82.3 Å². The van der Waals surface area contributed by atoms with Gasteiger partial charge in [0.15, 0.2) is 29.1 Å². The van der Waals surface area contributed by atoms with Gasteiger partial charge in [0.1, 0.15) is 0 Å². The molecule has 1 aliphatic rings. The number of rotatable bonds is 6. The van der Waals surface area contributed by atoms with Crippen molar-refractivity contribution >= 4 is 32.6 Å². The van der Waals surface area contributed by atoms with Gasteiger partial charge in [-0.25, -0.2) is 19.9 Å². The van der Waals surface area contributed by atoms with E-state index in [2.05, 4.69) is 85.1 Å². The molecule has 12 rings (SSSR count). The van der Waals surface area contributed by atoms with Crippen molar-refractivity contribution in [3.63, 3.8) is 0 Å². The molecule has 292 valence electrons. The van der Waals surface area contributed by atoms with Crippen molar-refractivity contribution in [2.24, 2.45) is 0 Å². The van der Waals surface area contributed by atoms with Crippen LogP contribution in [0, 0.1) is 0 Å². The third-order valence-electron chi connectivity index (χ3n) is 12.3. The van der Waals surface area contributed by atoms with Crippen molar-refractivity contribution < 1.29 is 0 Å². The highest BCUT2D eigenvalue weighted by atomic mass is 15.2. The third-order valence-corrected chi connectivity index (χ3v) is 12.3. The summed E-state index contributed by atoms with van der Waals surface area (Å²) in [5, 5.41) is 4.43. The number of fused-ring (bicyclic) bond motifs is 7. The molecular weight excluding hydrogens is 759 g/mol. The third kappa shape index (κ3) is 5.81. The maximum absolute atomic E-state index is 5.24. The molecule has 0 N–H and O–H groups in total. The van der Waals surface area contributed by atoms with Crippen LogP contribution in [0.2, 0.25) is 0 Å². The lowest BCUT2D eigenvalue weighted by atomic mass is 9.82. The average Bonchev–Trinajstić information content (AvgIpc) is 3.77. The Morgan fingerprint density at radius 2 is 0.790 bits per heavy atom. The van der Waals surface area contributed by atoms with Gasteiger partial charge < -0.3 is 0 Å². The van der Waals surface area contributed by atoms with Crippen LogP contribution in [0.5, 0.6) is 0 Å². The second kappa shape index (κ2) is 14.0. The lowest BCUT2D eigenvalue weighted by molar-refractivity contribution is 0.661. The molecule has 11 aromatic rings. The molecule has 3 heterocycles. The Kier molecular flexibility index (Phi) is 8.05. The second-order valence-electron chi connectivity index (χ2n) is 16.4. The lowest BCUT2D eigenvalue weighted by Gasteiger charge is -2.21. The fraction of sp³-hybridized carbons (Fsp3) is 0.0545. The Hall–Kier alpha value is -8.16. The quantitative estimate of drug-likeness (QED) is 0.167. The molecule has 1 aliphatic carbocycles. The number of benzene rings is 8. The Labute approximate surface area is 358 Å². The van der Waals surface area contributed by atoms with E-state index < -0.39 is 0 Å². The SMILES string of the molecule is CC1(C)c2ccccc2-c2cc3cc4c(cc3cc21)c1cc(-c2nc(-c3ccccc3)nc(-c3ccccc3)n2)ccc1n4-c1nc(-c2ccccc2)nc(-c2ccccc2)n1. The monoisotopic (exact) mass is 795 g/mol. The zero-order valence-corrected chi connectivity index (χ0v) is 34.0. The number of hydrogen-bond donors (Lipinski definition) is 0. The van der Waals surface area contributed by atoms with Gasteiger partial charge in [-0.3, -0.25) is 4.57 Å². The fourth-order valence-electron chi connectivity index (χ4n) is 9.15. The molecule has 8 aromatic carbocycles. The summed E-state index contributed by atoms with van der Waals surface area (Å²) in [6, 6.07) is 65.1. The number of aromatic nitrogens is 7. The molecule has 7 nitrogen and oxygen atoms in total. The van der Waals surface area contributed by atoms with Crippen LogP contribution in [-0.4, -0.2) is 34.5 Å². The van der Waals surface area contributed by atoms with E-state index in [1.807, 2.05) is 121 Å². The van der Waals surface area contributed by atoms with Gasteiger partial charge in [-0.2, -0.15) is 9.97 Å². The molecule has 0 saturated carbocycles. The van der Waals surface area contributed by atoms with Crippen LogP contribution < -0.4 is 0 Å². The van der Waals surface area contributed by atoms with Gasteiger partial charge in [-0.1, -0.05) is 159 Å². The first-order chi connectivity index (χ1) is 30.5. The van der Waals surface area contributed by atoms with E-state index in [1.165, 1.54) is 27.6 Å². The normalized spacial score (nSPS) is 12.8. The van der Waals surface area contributed by atoms with Crippen molar-refractivity contribution in [1.82, 2.24) is 34.5 Å². The second-order valence-corrected chi connectivity index (χ2v) is 16.4. The van der Waals surface area contributed by atoms with Crippen LogP contribution in [0.25, 0.3) is 107 Å². The molecule has 0 amide bonds. The van der Waals surface area contributed by atoms with Crippen LogP contribution in [0.3, 0.4) is 0 Å². The van der Waals surface area contributed by atoms with Crippen LogP contribution in [0.4, 0.5) is 0 Å². The van der Waals surface area contributed by atoms with E-state index in [0.717, 1.165) is 55.0 Å². The van der Waals surface area contributed by atoms with Crippen molar-refractivity contribution in [2.45, 2.75) is 19.3 Å². The highest BCUT2D eigenvalue weighted by molar-refractivity contribution is 6.15. The molecule has 7 heteroatoms. The summed E-state index contributed by atoms with van der Waals surface area (Å²) in [6.07, 6.45) is 0. The minimum atomic E-state index is -0.131. The zero-order valence-electron chi connectivity index (χ0n) is 34.0. The molecule has 3 aromatic heterocycles. The van der Waals surface area contributed by atoms with E-state index in [9.17, 15) is 0 Å². The van der Waals surface area contributed by atoms with Gasteiger partial charge in [0.2, 0.25) is 5.95 Å². The first-order valence-electron chi connectivity index (χ1n) is 20.9. The first-order valence-corrected chi connectivity index (χ1v) is 20.9. The summed E-state index contributed by atoms with van der Waals surface area (Å²) >= 11 is 0. The molecule has 0 radical (unpaired) electrons. The minimum absolute atomic E-state index is 0.131. The first kappa shape index (κ1) is 35.8. The number of hydrogen-bond acceptors (Lipinski definition) is 6.